The minimum Gasteiger partial charge on any atom is -0.480 e. The van der Waals surface area contributed by atoms with Crippen molar-refractivity contribution >= 4 is 12.0 Å². The van der Waals surface area contributed by atoms with E-state index in [-0.39, 0.29) is 6.03 Å². The van der Waals surface area contributed by atoms with Crippen LogP contribution >= 0.6 is 0 Å². The zero-order valence-electron chi connectivity index (χ0n) is 10.4. The monoisotopic (exact) mass is 228 g/mol. The Morgan fingerprint density at radius 3 is 2.19 bits per heavy atom. The lowest BCUT2D eigenvalue weighted by molar-refractivity contribution is -0.142. The fraction of sp³-hybridized carbons (Fsp3) is 0.636. The third kappa shape index (κ3) is 3.92. The highest BCUT2D eigenvalue weighted by Crippen LogP contribution is 2.06. The Balaban J connectivity index is 4.58. The van der Waals surface area contributed by atoms with Crippen molar-refractivity contribution < 1.29 is 14.7 Å². The summed E-state index contributed by atoms with van der Waals surface area (Å²) in [6.07, 6.45) is 0.387. The normalized spacial score (nSPS) is 11.8. The molecule has 0 aromatic heterocycles. The maximum Gasteiger partial charge on any atom is 0.326 e. The molecule has 0 spiro atoms. The van der Waals surface area contributed by atoms with Crippen LogP contribution in [0.1, 0.15) is 20.3 Å². The molecule has 0 aliphatic heterocycles. The third-order valence-electron chi connectivity index (χ3n) is 2.27. The number of carboxylic acid groups (broad SMARTS) is 1. The maximum atomic E-state index is 11.8. The summed E-state index contributed by atoms with van der Waals surface area (Å²) in [5.41, 5.74) is 0.854. The second kappa shape index (κ2) is 6.15. The average molecular weight is 228 g/mol. The van der Waals surface area contributed by atoms with Crippen molar-refractivity contribution in [1.29, 1.82) is 0 Å². The first kappa shape index (κ1) is 14.5. The van der Waals surface area contributed by atoms with Crippen LogP contribution < -0.4 is 0 Å². The number of hydrogen-bond acceptors (Lipinski definition) is 2. The van der Waals surface area contributed by atoms with E-state index < -0.39 is 12.0 Å². The molecular weight excluding hydrogens is 208 g/mol. The number of rotatable bonds is 5. The van der Waals surface area contributed by atoms with Crippen LogP contribution in [0.25, 0.3) is 0 Å². The van der Waals surface area contributed by atoms with Crippen molar-refractivity contribution in [3.63, 3.8) is 0 Å². The maximum absolute atomic E-state index is 11.8. The Morgan fingerprint density at radius 1 is 1.38 bits per heavy atom. The van der Waals surface area contributed by atoms with Crippen LogP contribution in [0.4, 0.5) is 4.79 Å². The number of nitrogens with zero attached hydrogens (tertiary/aromatic N) is 2. The van der Waals surface area contributed by atoms with Crippen LogP contribution in [0.2, 0.25) is 0 Å². The number of carboxylic acids is 1. The molecule has 0 aliphatic carbocycles. The van der Waals surface area contributed by atoms with E-state index in [1.165, 1.54) is 16.8 Å². The molecule has 92 valence electrons. The third-order valence-corrected chi connectivity index (χ3v) is 2.27. The van der Waals surface area contributed by atoms with E-state index in [1.54, 1.807) is 14.0 Å². The van der Waals surface area contributed by atoms with Gasteiger partial charge in [-0.25, -0.2) is 9.59 Å². The Bertz CT molecular complexity index is 289. The van der Waals surface area contributed by atoms with Gasteiger partial charge < -0.3 is 14.9 Å². The summed E-state index contributed by atoms with van der Waals surface area (Å²) in [7, 11) is 3.13. The molecule has 1 unspecified atom stereocenters. The van der Waals surface area contributed by atoms with Gasteiger partial charge in [0.05, 0.1) is 0 Å². The summed E-state index contributed by atoms with van der Waals surface area (Å²) in [5, 5.41) is 8.93. The highest BCUT2D eigenvalue weighted by Gasteiger charge is 2.26. The van der Waals surface area contributed by atoms with Gasteiger partial charge in [0.25, 0.3) is 0 Å². The molecule has 16 heavy (non-hydrogen) atoms. The van der Waals surface area contributed by atoms with E-state index in [4.69, 9.17) is 5.11 Å². The number of amides is 2. The SMILES string of the molecule is C=C(C)CN(C)C(=O)N(C)C(CC)C(=O)O. The second-order valence-electron chi connectivity index (χ2n) is 3.97. The summed E-state index contributed by atoms with van der Waals surface area (Å²) in [6, 6.07) is -1.09. The fourth-order valence-electron chi connectivity index (χ4n) is 1.49. The van der Waals surface area contributed by atoms with Crippen molar-refractivity contribution in [2.45, 2.75) is 26.3 Å². The molecule has 0 radical (unpaired) electrons. The van der Waals surface area contributed by atoms with Gasteiger partial charge in [0.2, 0.25) is 0 Å². The van der Waals surface area contributed by atoms with Crippen LogP contribution in [-0.4, -0.2) is 53.6 Å². The predicted octanol–water partition coefficient (Wildman–Crippen LogP) is 1.41. The lowest BCUT2D eigenvalue weighted by Crippen LogP contribution is -2.47. The highest BCUT2D eigenvalue weighted by atomic mass is 16.4. The van der Waals surface area contributed by atoms with Gasteiger partial charge in [-0.05, 0) is 13.3 Å². The van der Waals surface area contributed by atoms with Gasteiger partial charge in [-0.2, -0.15) is 0 Å². The quantitative estimate of drug-likeness (QED) is 0.724. The summed E-state index contributed by atoms with van der Waals surface area (Å²) >= 11 is 0. The van der Waals surface area contributed by atoms with Crippen molar-refractivity contribution in [2.75, 3.05) is 20.6 Å². The van der Waals surface area contributed by atoms with Gasteiger partial charge in [0, 0.05) is 20.6 Å². The molecule has 0 saturated heterocycles. The predicted molar refractivity (Wildman–Crippen MR) is 62.3 cm³/mol. The molecule has 1 N–H and O–H groups in total. The Morgan fingerprint density at radius 2 is 1.88 bits per heavy atom. The molecule has 0 fully saturated rings. The number of carbonyl (C=O) groups excluding carboxylic acids is 1. The first-order valence-corrected chi connectivity index (χ1v) is 5.16. The summed E-state index contributed by atoms with van der Waals surface area (Å²) in [5.74, 6) is -0.984. The Labute approximate surface area is 96.3 Å². The number of likely N-dealkylation sites (N-methyl/N-ethyl adjacent to an activating group) is 2. The molecule has 0 bridgehead atoms. The van der Waals surface area contributed by atoms with Crippen LogP contribution in [0.5, 0.6) is 0 Å². The molecule has 1 atom stereocenters. The largest absolute Gasteiger partial charge is 0.480 e. The van der Waals surface area contributed by atoms with Crippen molar-refractivity contribution in [1.82, 2.24) is 9.80 Å². The van der Waals surface area contributed by atoms with Crippen molar-refractivity contribution in [2.24, 2.45) is 0 Å². The minimum atomic E-state index is -0.984. The minimum absolute atomic E-state index is 0.308. The molecule has 0 aromatic carbocycles. The van der Waals surface area contributed by atoms with Gasteiger partial charge in [-0.3, -0.25) is 0 Å². The van der Waals surface area contributed by atoms with Gasteiger partial charge in [-0.1, -0.05) is 19.1 Å². The van der Waals surface area contributed by atoms with Crippen LogP contribution in [0.15, 0.2) is 12.2 Å². The summed E-state index contributed by atoms with van der Waals surface area (Å²) in [6.45, 7) is 7.69. The summed E-state index contributed by atoms with van der Waals surface area (Å²) in [4.78, 5) is 25.4. The number of aliphatic carboxylic acids is 1. The zero-order valence-corrected chi connectivity index (χ0v) is 10.4. The Hall–Kier alpha value is -1.52. The second-order valence-corrected chi connectivity index (χ2v) is 3.97. The van der Waals surface area contributed by atoms with Gasteiger partial charge >= 0.3 is 12.0 Å². The molecule has 5 heteroatoms. The molecule has 2 amide bonds. The highest BCUT2D eigenvalue weighted by molar-refractivity contribution is 5.82. The molecule has 0 heterocycles. The zero-order chi connectivity index (χ0) is 12.9. The van der Waals surface area contributed by atoms with E-state index in [2.05, 4.69) is 6.58 Å². The van der Waals surface area contributed by atoms with Crippen molar-refractivity contribution in [3.8, 4) is 0 Å². The fourth-order valence-corrected chi connectivity index (χ4v) is 1.49. The lowest BCUT2D eigenvalue weighted by atomic mass is 10.2. The number of urea groups is 1. The molecule has 0 aromatic rings. The Kier molecular flexibility index (Phi) is 5.56. The lowest BCUT2D eigenvalue weighted by Gasteiger charge is -2.28. The van der Waals surface area contributed by atoms with Crippen LogP contribution in [0.3, 0.4) is 0 Å². The van der Waals surface area contributed by atoms with Gasteiger partial charge in [0.1, 0.15) is 6.04 Å². The molecule has 0 aliphatic rings. The number of carbonyl (C=O) groups is 2. The van der Waals surface area contributed by atoms with E-state index in [1.807, 2.05) is 6.92 Å². The van der Waals surface area contributed by atoms with E-state index in [9.17, 15) is 9.59 Å². The van der Waals surface area contributed by atoms with Crippen LogP contribution in [0, 0.1) is 0 Å². The van der Waals surface area contributed by atoms with Crippen molar-refractivity contribution in [3.05, 3.63) is 12.2 Å². The topological polar surface area (TPSA) is 60.9 Å². The molecular formula is C11H20N2O3. The molecule has 0 saturated carbocycles. The van der Waals surface area contributed by atoms with E-state index >= 15 is 0 Å². The van der Waals surface area contributed by atoms with E-state index in [0.29, 0.717) is 13.0 Å². The van der Waals surface area contributed by atoms with Gasteiger partial charge in [0.15, 0.2) is 0 Å². The summed E-state index contributed by atoms with van der Waals surface area (Å²) < 4.78 is 0. The first-order chi connectivity index (χ1) is 7.31. The average Bonchev–Trinajstić information content (AvgIpc) is 2.15. The van der Waals surface area contributed by atoms with E-state index in [0.717, 1.165) is 5.57 Å². The first-order valence-electron chi connectivity index (χ1n) is 5.16. The number of hydrogen-bond donors (Lipinski definition) is 1. The molecule has 5 nitrogen and oxygen atoms in total. The molecule has 0 rings (SSSR count). The van der Waals surface area contributed by atoms with Crippen LogP contribution in [-0.2, 0) is 4.79 Å². The smallest absolute Gasteiger partial charge is 0.326 e. The van der Waals surface area contributed by atoms with Gasteiger partial charge in [-0.15, -0.1) is 0 Å². The standard InChI is InChI=1S/C11H20N2O3/c1-6-9(10(14)15)13(5)11(16)12(4)7-8(2)3/h9H,2,6-7H2,1,3-5H3,(H,14,15).